The van der Waals surface area contributed by atoms with E-state index in [4.69, 9.17) is 9.47 Å². The average Bonchev–Trinajstić information content (AvgIpc) is 2.46. The summed E-state index contributed by atoms with van der Waals surface area (Å²) < 4.78 is 10.8. The molecule has 0 aromatic rings. The highest BCUT2D eigenvalue weighted by Crippen LogP contribution is 1.97. The molecule has 0 saturated heterocycles. The summed E-state index contributed by atoms with van der Waals surface area (Å²) in [4.78, 5) is 11.3. The van der Waals surface area contributed by atoms with Crippen molar-refractivity contribution in [3.05, 3.63) is 0 Å². The Morgan fingerprint density at radius 1 is 0.952 bits per heavy atom. The number of amides is 1. The Hall–Kier alpha value is -0.650. The quantitative estimate of drug-likeness (QED) is 0.512. The van der Waals surface area contributed by atoms with Crippen molar-refractivity contribution in [2.45, 2.75) is 47.0 Å². The second-order valence-corrected chi connectivity index (χ2v) is 4.98. The first-order valence-electron chi connectivity index (χ1n) is 8.23. The fourth-order valence-electron chi connectivity index (χ4n) is 1.52. The van der Waals surface area contributed by atoms with Crippen molar-refractivity contribution in [1.82, 2.24) is 10.6 Å². The number of rotatable bonds is 13. The summed E-state index contributed by atoms with van der Waals surface area (Å²) in [7, 11) is 1.93. The molecule has 1 amide bonds. The van der Waals surface area contributed by atoms with Crippen LogP contribution < -0.4 is 10.6 Å². The Kier molecular flexibility index (Phi) is 20.9. The van der Waals surface area contributed by atoms with Gasteiger partial charge in [0.1, 0.15) is 0 Å². The third-order valence-electron chi connectivity index (χ3n) is 2.47. The minimum Gasteiger partial charge on any atom is -0.379 e. The monoisotopic (exact) mass is 304 g/mol. The van der Waals surface area contributed by atoms with Crippen LogP contribution in [0, 0.1) is 5.92 Å². The van der Waals surface area contributed by atoms with Crippen LogP contribution in [-0.2, 0) is 14.3 Å². The number of hydrogen-bond acceptors (Lipinski definition) is 4. The molecule has 0 rings (SSSR count). The Morgan fingerprint density at radius 2 is 1.48 bits per heavy atom. The van der Waals surface area contributed by atoms with E-state index in [1.165, 1.54) is 0 Å². The molecular weight excluding hydrogens is 268 g/mol. The highest BCUT2D eigenvalue weighted by Gasteiger charge is 2.02. The maximum Gasteiger partial charge on any atom is 0.220 e. The van der Waals surface area contributed by atoms with Crippen molar-refractivity contribution in [1.29, 1.82) is 0 Å². The van der Waals surface area contributed by atoms with Crippen LogP contribution in [0.15, 0.2) is 0 Å². The van der Waals surface area contributed by atoms with E-state index in [2.05, 4.69) is 10.6 Å². The first-order chi connectivity index (χ1) is 10.2. The molecule has 128 valence electrons. The molecule has 0 aliphatic heterocycles. The first kappa shape index (κ1) is 22.6. The molecule has 5 heteroatoms. The molecule has 0 saturated carbocycles. The van der Waals surface area contributed by atoms with Gasteiger partial charge in [-0.25, -0.2) is 0 Å². The average molecular weight is 304 g/mol. The molecule has 0 atom stereocenters. The van der Waals surface area contributed by atoms with E-state index >= 15 is 0 Å². The predicted molar refractivity (Wildman–Crippen MR) is 88.6 cm³/mol. The van der Waals surface area contributed by atoms with E-state index in [1.807, 2.05) is 34.7 Å². The number of carbonyl (C=O) groups excluding carboxylic acids is 1. The molecule has 0 aliphatic rings. The highest BCUT2D eigenvalue weighted by molar-refractivity contribution is 5.75. The normalized spacial score (nSPS) is 10.2. The van der Waals surface area contributed by atoms with Crippen LogP contribution in [0.1, 0.15) is 47.0 Å². The van der Waals surface area contributed by atoms with Crippen molar-refractivity contribution in [2.24, 2.45) is 5.92 Å². The van der Waals surface area contributed by atoms with Crippen molar-refractivity contribution in [2.75, 3.05) is 46.6 Å². The van der Waals surface area contributed by atoms with Crippen molar-refractivity contribution >= 4 is 5.91 Å². The molecule has 0 heterocycles. The van der Waals surface area contributed by atoms with Crippen LogP contribution in [0.5, 0.6) is 0 Å². The van der Waals surface area contributed by atoms with E-state index in [0.717, 1.165) is 26.0 Å². The van der Waals surface area contributed by atoms with Gasteiger partial charge in [0.05, 0.1) is 13.2 Å². The number of carbonyl (C=O) groups is 1. The molecule has 0 fully saturated rings. The van der Waals surface area contributed by atoms with Gasteiger partial charge in [0.2, 0.25) is 5.91 Å². The molecule has 2 N–H and O–H groups in total. The fourth-order valence-corrected chi connectivity index (χ4v) is 1.52. The van der Waals surface area contributed by atoms with Gasteiger partial charge in [-0.05, 0) is 32.4 Å². The lowest BCUT2D eigenvalue weighted by Gasteiger charge is -2.08. The van der Waals surface area contributed by atoms with Crippen LogP contribution in [0.4, 0.5) is 0 Å². The smallest absolute Gasteiger partial charge is 0.220 e. The minimum absolute atomic E-state index is 0.128. The van der Waals surface area contributed by atoms with Gasteiger partial charge in [-0.15, -0.1) is 0 Å². The van der Waals surface area contributed by atoms with Crippen LogP contribution >= 0.6 is 0 Å². The zero-order valence-electron chi connectivity index (χ0n) is 14.7. The van der Waals surface area contributed by atoms with Crippen LogP contribution in [0.2, 0.25) is 0 Å². The van der Waals surface area contributed by atoms with Crippen LogP contribution in [0.3, 0.4) is 0 Å². The van der Waals surface area contributed by atoms with Crippen LogP contribution in [0.25, 0.3) is 0 Å². The SMILES string of the molecule is CC.CNCCCOCCOCCCNC(=O)CC(C)C. The van der Waals surface area contributed by atoms with Gasteiger partial charge in [-0.1, -0.05) is 27.7 Å². The third-order valence-corrected chi connectivity index (χ3v) is 2.47. The van der Waals surface area contributed by atoms with E-state index < -0.39 is 0 Å². The van der Waals surface area contributed by atoms with Gasteiger partial charge in [-0.3, -0.25) is 4.79 Å². The van der Waals surface area contributed by atoms with E-state index in [9.17, 15) is 4.79 Å². The summed E-state index contributed by atoms with van der Waals surface area (Å²) in [5.41, 5.74) is 0. The molecular formula is C16H36N2O3. The van der Waals surface area contributed by atoms with Gasteiger partial charge in [0.25, 0.3) is 0 Å². The summed E-state index contributed by atoms with van der Waals surface area (Å²) >= 11 is 0. The van der Waals surface area contributed by atoms with Crippen molar-refractivity contribution < 1.29 is 14.3 Å². The lowest BCUT2D eigenvalue weighted by atomic mass is 10.1. The molecule has 0 radical (unpaired) electrons. The summed E-state index contributed by atoms with van der Waals surface area (Å²) in [6, 6.07) is 0. The second kappa shape index (κ2) is 19.4. The van der Waals surface area contributed by atoms with Gasteiger partial charge in [0.15, 0.2) is 0 Å². The summed E-state index contributed by atoms with van der Waals surface area (Å²) in [6.07, 6.45) is 2.48. The summed E-state index contributed by atoms with van der Waals surface area (Å²) in [6.45, 7) is 12.5. The maximum absolute atomic E-state index is 11.3. The molecule has 0 aromatic heterocycles. The Labute approximate surface area is 131 Å². The number of nitrogens with one attached hydrogen (secondary N) is 2. The highest BCUT2D eigenvalue weighted by atomic mass is 16.5. The lowest BCUT2D eigenvalue weighted by molar-refractivity contribution is -0.121. The molecule has 0 spiro atoms. The third kappa shape index (κ3) is 21.8. The standard InChI is InChI=1S/C14H30N2O3.C2H6/c1-13(2)12-14(17)16-7-5-9-19-11-10-18-8-4-6-15-3;1-2/h13,15H,4-12H2,1-3H3,(H,16,17);1-2H3. The van der Waals surface area contributed by atoms with E-state index in [1.54, 1.807) is 0 Å². The van der Waals surface area contributed by atoms with Gasteiger partial charge < -0.3 is 20.1 Å². The van der Waals surface area contributed by atoms with Crippen molar-refractivity contribution in [3.8, 4) is 0 Å². The summed E-state index contributed by atoms with van der Waals surface area (Å²) in [5.74, 6) is 0.541. The van der Waals surface area contributed by atoms with Gasteiger partial charge >= 0.3 is 0 Å². The minimum atomic E-state index is 0.128. The maximum atomic E-state index is 11.3. The van der Waals surface area contributed by atoms with Gasteiger partial charge in [0, 0.05) is 26.2 Å². The largest absolute Gasteiger partial charge is 0.379 e. The molecule has 0 aliphatic carbocycles. The van der Waals surface area contributed by atoms with Crippen molar-refractivity contribution in [3.63, 3.8) is 0 Å². The second-order valence-electron chi connectivity index (χ2n) is 4.98. The molecule has 0 bridgehead atoms. The molecule has 21 heavy (non-hydrogen) atoms. The van der Waals surface area contributed by atoms with E-state index in [0.29, 0.717) is 38.7 Å². The summed E-state index contributed by atoms with van der Waals surface area (Å²) in [5, 5.41) is 5.95. The zero-order valence-corrected chi connectivity index (χ0v) is 14.7. The molecule has 0 aromatic carbocycles. The molecule has 0 unspecified atom stereocenters. The predicted octanol–water partition coefficient (Wildman–Crippen LogP) is 2.21. The van der Waals surface area contributed by atoms with E-state index in [-0.39, 0.29) is 5.91 Å². The Morgan fingerprint density at radius 3 is 1.95 bits per heavy atom. The molecule has 5 nitrogen and oxygen atoms in total. The lowest BCUT2D eigenvalue weighted by Crippen LogP contribution is -2.26. The van der Waals surface area contributed by atoms with Gasteiger partial charge in [-0.2, -0.15) is 0 Å². The number of ether oxygens (including phenoxy) is 2. The topological polar surface area (TPSA) is 59.6 Å². The fraction of sp³-hybridized carbons (Fsp3) is 0.938. The Bertz CT molecular complexity index is 212. The Balaban J connectivity index is 0. The van der Waals surface area contributed by atoms with Crippen LogP contribution in [-0.4, -0.2) is 52.5 Å². The first-order valence-corrected chi connectivity index (χ1v) is 8.23. The zero-order chi connectivity index (χ0) is 16.3. The number of hydrogen-bond donors (Lipinski definition) is 2.